The van der Waals surface area contributed by atoms with Crippen LogP contribution in [0.1, 0.15) is 11.1 Å². The van der Waals surface area contributed by atoms with Crippen LogP contribution in [0.5, 0.6) is 0 Å². The van der Waals surface area contributed by atoms with E-state index in [0.29, 0.717) is 27.6 Å². The minimum absolute atomic E-state index is 0.158. The molecule has 1 aliphatic heterocycles. The van der Waals surface area contributed by atoms with Crippen LogP contribution < -0.4 is 5.32 Å². The summed E-state index contributed by atoms with van der Waals surface area (Å²) in [6.07, 6.45) is -1.78. The molecule has 0 spiro atoms. The predicted octanol–water partition coefficient (Wildman–Crippen LogP) is 4.64. The van der Waals surface area contributed by atoms with Gasteiger partial charge in [-0.25, -0.2) is 0 Å². The number of nitrogens with one attached hydrogen (secondary N) is 1. The van der Waals surface area contributed by atoms with Gasteiger partial charge in [-0.15, -0.1) is 0 Å². The van der Waals surface area contributed by atoms with Crippen molar-refractivity contribution in [2.24, 2.45) is 7.05 Å². The Balaban J connectivity index is 1.72. The van der Waals surface area contributed by atoms with Crippen molar-refractivity contribution in [1.82, 2.24) is 19.7 Å². The molecule has 1 amide bonds. The number of amides is 1. The van der Waals surface area contributed by atoms with Crippen molar-refractivity contribution in [3.63, 3.8) is 0 Å². The first-order chi connectivity index (χ1) is 14.6. The normalized spacial score (nSPS) is 16.2. The molecule has 1 aliphatic rings. The second-order valence-electron chi connectivity index (χ2n) is 7.26. The van der Waals surface area contributed by atoms with E-state index in [1.807, 2.05) is 5.32 Å². The SMILES string of the molecule is Cn1cc2c3cc(C4=CNC(=O)C4(F)F)ccc3n(-c3ccc(C(F)(F)F)cc3)c2n1. The van der Waals surface area contributed by atoms with E-state index < -0.39 is 29.1 Å². The van der Waals surface area contributed by atoms with Gasteiger partial charge in [0.25, 0.3) is 5.91 Å². The first-order valence-corrected chi connectivity index (χ1v) is 9.12. The zero-order chi connectivity index (χ0) is 22.1. The highest BCUT2D eigenvalue weighted by Gasteiger charge is 2.47. The van der Waals surface area contributed by atoms with Crippen molar-refractivity contribution in [1.29, 1.82) is 0 Å². The minimum Gasteiger partial charge on any atom is -0.327 e. The number of aromatic nitrogens is 3. The lowest BCUT2D eigenvalue weighted by Crippen LogP contribution is -2.31. The molecule has 2 aromatic carbocycles. The second-order valence-corrected chi connectivity index (χ2v) is 7.26. The number of benzene rings is 2. The van der Waals surface area contributed by atoms with Crippen molar-refractivity contribution < 1.29 is 26.7 Å². The zero-order valence-electron chi connectivity index (χ0n) is 15.8. The third kappa shape index (κ3) is 2.82. The minimum atomic E-state index is -4.46. The molecule has 0 saturated carbocycles. The zero-order valence-corrected chi connectivity index (χ0v) is 15.8. The van der Waals surface area contributed by atoms with Crippen LogP contribution in [0.2, 0.25) is 0 Å². The lowest BCUT2D eigenvalue weighted by Gasteiger charge is -2.12. The summed E-state index contributed by atoms with van der Waals surface area (Å²) in [6, 6.07) is 9.18. The molecule has 4 aromatic rings. The predicted molar refractivity (Wildman–Crippen MR) is 104 cm³/mol. The van der Waals surface area contributed by atoms with Crippen molar-refractivity contribution in [2.75, 3.05) is 0 Å². The summed E-state index contributed by atoms with van der Waals surface area (Å²) in [6.45, 7) is 0. The molecule has 3 heterocycles. The lowest BCUT2D eigenvalue weighted by molar-refractivity contribution is -0.137. The van der Waals surface area contributed by atoms with E-state index in [4.69, 9.17) is 0 Å². The van der Waals surface area contributed by atoms with Gasteiger partial charge in [-0.3, -0.25) is 14.0 Å². The molecule has 5 nitrogen and oxygen atoms in total. The second kappa shape index (κ2) is 6.16. The van der Waals surface area contributed by atoms with E-state index in [1.165, 1.54) is 28.9 Å². The van der Waals surface area contributed by atoms with Gasteiger partial charge in [0.05, 0.1) is 16.7 Å². The Hall–Kier alpha value is -3.69. The molecular weight excluding hydrogens is 419 g/mol. The fourth-order valence-electron chi connectivity index (χ4n) is 3.83. The molecule has 158 valence electrons. The van der Waals surface area contributed by atoms with E-state index in [1.54, 1.807) is 23.9 Å². The van der Waals surface area contributed by atoms with Gasteiger partial charge in [0, 0.05) is 35.9 Å². The Morgan fingerprint density at radius 1 is 1.03 bits per heavy atom. The molecule has 31 heavy (non-hydrogen) atoms. The van der Waals surface area contributed by atoms with Crippen molar-refractivity contribution in [3.05, 3.63) is 66.0 Å². The smallest absolute Gasteiger partial charge is 0.327 e. The fourth-order valence-corrected chi connectivity index (χ4v) is 3.83. The van der Waals surface area contributed by atoms with E-state index in [2.05, 4.69) is 5.10 Å². The third-order valence-electron chi connectivity index (χ3n) is 5.28. The average molecular weight is 432 g/mol. The monoisotopic (exact) mass is 432 g/mol. The standard InChI is InChI=1S/C21H13F5N4O/c1-29-10-15-14-8-11(16-9-27-19(31)20(16,22)23)2-7-17(14)30(18(15)28-29)13-5-3-12(4-6-13)21(24,25)26/h2-10H,1H3,(H,27,31). The van der Waals surface area contributed by atoms with Crippen LogP contribution >= 0.6 is 0 Å². The van der Waals surface area contributed by atoms with Crippen LogP contribution in [0.4, 0.5) is 22.0 Å². The summed E-state index contributed by atoms with van der Waals surface area (Å²) < 4.78 is 70.4. The lowest BCUT2D eigenvalue weighted by atomic mass is 10.0. The number of alkyl halides is 5. The van der Waals surface area contributed by atoms with Crippen LogP contribution in [-0.2, 0) is 18.0 Å². The van der Waals surface area contributed by atoms with E-state index in [-0.39, 0.29) is 5.56 Å². The quantitative estimate of drug-likeness (QED) is 0.469. The highest BCUT2D eigenvalue weighted by molar-refractivity contribution is 6.10. The number of fused-ring (bicyclic) bond motifs is 3. The van der Waals surface area contributed by atoms with Gasteiger partial charge in [0.15, 0.2) is 5.65 Å². The molecular formula is C21H13F5N4O. The van der Waals surface area contributed by atoms with E-state index in [0.717, 1.165) is 18.3 Å². The van der Waals surface area contributed by atoms with Crippen LogP contribution in [-0.4, -0.2) is 26.2 Å². The van der Waals surface area contributed by atoms with Gasteiger partial charge in [-0.1, -0.05) is 6.07 Å². The molecule has 0 fully saturated rings. The molecule has 0 unspecified atom stereocenters. The fraction of sp³-hybridized carbons (Fsp3) is 0.143. The van der Waals surface area contributed by atoms with Gasteiger partial charge in [-0.2, -0.15) is 27.1 Å². The van der Waals surface area contributed by atoms with E-state index in [9.17, 15) is 26.7 Å². The highest BCUT2D eigenvalue weighted by Crippen LogP contribution is 2.39. The van der Waals surface area contributed by atoms with Gasteiger partial charge in [0.2, 0.25) is 0 Å². The summed E-state index contributed by atoms with van der Waals surface area (Å²) >= 11 is 0. The van der Waals surface area contributed by atoms with Gasteiger partial charge in [-0.05, 0) is 42.0 Å². The molecule has 2 aromatic heterocycles. The van der Waals surface area contributed by atoms with Crippen molar-refractivity contribution in [3.8, 4) is 5.69 Å². The molecule has 0 saturated heterocycles. The number of aryl methyl sites for hydroxylation is 1. The highest BCUT2D eigenvalue weighted by atomic mass is 19.4. The van der Waals surface area contributed by atoms with Crippen LogP contribution in [0.15, 0.2) is 54.9 Å². The maximum Gasteiger partial charge on any atom is 0.416 e. The Bertz CT molecular complexity index is 1390. The largest absolute Gasteiger partial charge is 0.416 e. The summed E-state index contributed by atoms with van der Waals surface area (Å²) in [7, 11) is 1.68. The summed E-state index contributed by atoms with van der Waals surface area (Å²) in [5.41, 5.74) is 0.435. The Morgan fingerprint density at radius 2 is 1.74 bits per heavy atom. The molecule has 0 aliphatic carbocycles. The Labute approximate surface area is 171 Å². The summed E-state index contributed by atoms with van der Waals surface area (Å²) in [4.78, 5) is 11.4. The van der Waals surface area contributed by atoms with Crippen LogP contribution in [0.25, 0.3) is 33.2 Å². The van der Waals surface area contributed by atoms with Crippen molar-refractivity contribution >= 4 is 33.4 Å². The number of halogens is 5. The molecule has 5 rings (SSSR count). The number of hydrogen-bond acceptors (Lipinski definition) is 2. The first-order valence-electron chi connectivity index (χ1n) is 9.12. The van der Waals surface area contributed by atoms with Gasteiger partial charge < -0.3 is 5.32 Å². The molecule has 0 atom stereocenters. The van der Waals surface area contributed by atoms with Gasteiger partial charge in [0.1, 0.15) is 0 Å². The van der Waals surface area contributed by atoms with E-state index >= 15 is 0 Å². The summed E-state index contributed by atoms with van der Waals surface area (Å²) in [5.74, 6) is -5.05. The number of carbonyl (C=O) groups excluding carboxylic acids is 1. The average Bonchev–Trinajstić information content (AvgIpc) is 3.30. The first kappa shape index (κ1) is 19.3. The molecule has 1 N–H and O–H groups in total. The van der Waals surface area contributed by atoms with Crippen LogP contribution in [0.3, 0.4) is 0 Å². The number of carbonyl (C=O) groups is 1. The maximum atomic E-state index is 14.2. The Morgan fingerprint density at radius 3 is 2.35 bits per heavy atom. The Kier molecular flexibility index (Phi) is 3.83. The topological polar surface area (TPSA) is 51.9 Å². The molecule has 0 bridgehead atoms. The maximum absolute atomic E-state index is 14.2. The van der Waals surface area contributed by atoms with Gasteiger partial charge >= 0.3 is 12.1 Å². The number of nitrogens with zero attached hydrogens (tertiary/aromatic N) is 3. The third-order valence-corrected chi connectivity index (χ3v) is 5.28. The number of hydrogen-bond donors (Lipinski definition) is 1. The molecule has 0 radical (unpaired) electrons. The summed E-state index contributed by atoms with van der Waals surface area (Å²) in [5, 5.41) is 7.64. The van der Waals surface area contributed by atoms with Crippen LogP contribution in [0, 0.1) is 0 Å². The number of rotatable bonds is 2. The van der Waals surface area contributed by atoms with Crippen molar-refractivity contribution in [2.45, 2.75) is 12.1 Å². The molecule has 10 heteroatoms.